The maximum Gasteiger partial charge on any atom is 0.291 e. The molecule has 0 unspecified atom stereocenters. The van der Waals surface area contributed by atoms with E-state index in [0.717, 1.165) is 16.9 Å². The van der Waals surface area contributed by atoms with Crippen molar-refractivity contribution >= 4 is 18.2 Å². The van der Waals surface area contributed by atoms with Gasteiger partial charge in [-0.25, -0.2) is 10.4 Å². The Morgan fingerprint density at radius 2 is 1.84 bits per heavy atom. The number of nitrogens with zero attached hydrogens (tertiary/aromatic N) is 3. The zero-order chi connectivity index (χ0) is 22.1. The third-order valence-corrected chi connectivity index (χ3v) is 4.00. The number of aromatic nitrogens is 2. The lowest BCUT2D eigenvalue weighted by Gasteiger charge is -2.07. The van der Waals surface area contributed by atoms with Crippen molar-refractivity contribution in [2.45, 2.75) is 6.92 Å². The lowest BCUT2D eigenvalue weighted by Crippen LogP contribution is -2.19. The summed E-state index contributed by atoms with van der Waals surface area (Å²) in [6.45, 7) is 6.24. The van der Waals surface area contributed by atoms with Gasteiger partial charge in [-0.2, -0.15) is 5.10 Å². The molecule has 1 heterocycles. The Morgan fingerprint density at radius 3 is 2.55 bits per heavy atom. The molecule has 1 aromatic heterocycles. The molecule has 0 aliphatic heterocycles. The van der Waals surface area contributed by atoms with E-state index in [0.29, 0.717) is 18.1 Å². The Labute approximate surface area is 180 Å². The normalized spacial score (nSPS) is 10.5. The fourth-order valence-corrected chi connectivity index (χ4v) is 2.58. The molecule has 0 radical (unpaired) electrons. The summed E-state index contributed by atoms with van der Waals surface area (Å²) in [5.74, 6) is 1.61. The number of carbonyl (C=O) groups is 1. The van der Waals surface area contributed by atoms with E-state index in [2.05, 4.69) is 27.1 Å². The van der Waals surface area contributed by atoms with Crippen molar-refractivity contribution in [1.82, 2.24) is 15.4 Å². The molecule has 0 saturated heterocycles. The third-order valence-electron chi connectivity index (χ3n) is 4.00. The third kappa shape index (κ3) is 6.14. The van der Waals surface area contributed by atoms with Crippen LogP contribution < -0.4 is 19.6 Å². The smallest absolute Gasteiger partial charge is 0.291 e. The first-order valence-electron chi connectivity index (χ1n) is 9.49. The summed E-state index contributed by atoms with van der Waals surface area (Å²) >= 11 is 0. The van der Waals surface area contributed by atoms with Crippen LogP contribution in [-0.4, -0.2) is 35.8 Å². The van der Waals surface area contributed by atoms with Crippen LogP contribution in [-0.2, 0) is 0 Å². The first-order valence-corrected chi connectivity index (χ1v) is 9.49. The Bertz CT molecular complexity index is 1080. The number of amides is 1. The molecular weight excluding hydrogens is 396 g/mol. The number of hydrogen-bond acceptors (Lipinski definition) is 7. The number of benzene rings is 2. The average molecular weight is 418 g/mol. The summed E-state index contributed by atoms with van der Waals surface area (Å²) in [4.78, 5) is 20.5. The van der Waals surface area contributed by atoms with Crippen LogP contribution in [0.3, 0.4) is 0 Å². The van der Waals surface area contributed by atoms with Gasteiger partial charge in [0, 0.05) is 0 Å². The molecule has 158 valence electrons. The van der Waals surface area contributed by atoms with Gasteiger partial charge < -0.3 is 14.2 Å². The number of methoxy groups -OCH3 is 1. The lowest BCUT2D eigenvalue weighted by atomic mass is 10.1. The molecule has 0 atom stereocenters. The topological polar surface area (TPSA) is 94.9 Å². The van der Waals surface area contributed by atoms with Gasteiger partial charge in [0.25, 0.3) is 5.91 Å². The second kappa shape index (κ2) is 10.5. The summed E-state index contributed by atoms with van der Waals surface area (Å²) in [7, 11) is 1.58. The summed E-state index contributed by atoms with van der Waals surface area (Å²) in [6.07, 6.45) is 5.95. The van der Waals surface area contributed by atoms with Gasteiger partial charge in [-0.1, -0.05) is 12.7 Å². The average Bonchev–Trinajstić information content (AvgIpc) is 2.80. The number of ether oxygens (including phenoxy) is 3. The minimum atomic E-state index is -0.521. The summed E-state index contributed by atoms with van der Waals surface area (Å²) in [5, 5.41) is 3.97. The first kappa shape index (κ1) is 21.5. The zero-order valence-corrected chi connectivity index (χ0v) is 17.2. The number of hydrogen-bond donors (Lipinski definition) is 1. The fraction of sp³-hybridized carbons (Fsp3) is 0.130. The maximum atomic E-state index is 12.4. The highest BCUT2D eigenvalue weighted by molar-refractivity contribution is 5.93. The Balaban J connectivity index is 1.64. The zero-order valence-electron chi connectivity index (χ0n) is 17.2. The van der Waals surface area contributed by atoms with Crippen molar-refractivity contribution in [2.24, 2.45) is 5.10 Å². The Kier molecular flexibility index (Phi) is 7.31. The SMILES string of the molecule is C=Cc1cc(/C=N/NC(=O)c2cncc(Oc3ccc(OCC)cc3)n2)cc(OC)c1. The van der Waals surface area contributed by atoms with Gasteiger partial charge in [0.2, 0.25) is 5.88 Å². The second-order valence-electron chi connectivity index (χ2n) is 6.19. The number of hydrazone groups is 1. The van der Waals surface area contributed by atoms with Crippen molar-refractivity contribution in [3.8, 4) is 23.1 Å². The van der Waals surface area contributed by atoms with Crippen molar-refractivity contribution in [1.29, 1.82) is 0 Å². The first-order chi connectivity index (χ1) is 15.1. The minimum Gasteiger partial charge on any atom is -0.497 e. The van der Waals surface area contributed by atoms with Crippen molar-refractivity contribution < 1.29 is 19.0 Å². The number of carbonyl (C=O) groups excluding carboxylic acids is 1. The van der Waals surface area contributed by atoms with Gasteiger partial charge >= 0.3 is 0 Å². The molecule has 0 spiro atoms. The minimum absolute atomic E-state index is 0.0676. The van der Waals surface area contributed by atoms with E-state index < -0.39 is 5.91 Å². The summed E-state index contributed by atoms with van der Waals surface area (Å²) in [6, 6.07) is 12.5. The summed E-state index contributed by atoms with van der Waals surface area (Å²) < 4.78 is 16.3. The van der Waals surface area contributed by atoms with E-state index in [9.17, 15) is 4.79 Å². The van der Waals surface area contributed by atoms with Crippen molar-refractivity contribution in [3.63, 3.8) is 0 Å². The molecule has 8 heteroatoms. The van der Waals surface area contributed by atoms with E-state index in [1.807, 2.05) is 19.1 Å². The molecular formula is C23H22N4O4. The number of rotatable bonds is 9. The molecule has 3 rings (SSSR count). The maximum absolute atomic E-state index is 12.4. The van der Waals surface area contributed by atoms with E-state index >= 15 is 0 Å². The molecule has 1 N–H and O–H groups in total. The highest BCUT2D eigenvalue weighted by Crippen LogP contribution is 2.22. The molecule has 1 amide bonds. The van der Waals surface area contributed by atoms with E-state index in [-0.39, 0.29) is 11.6 Å². The molecule has 0 aliphatic rings. The van der Waals surface area contributed by atoms with E-state index in [4.69, 9.17) is 14.2 Å². The van der Waals surface area contributed by atoms with Crippen molar-refractivity contribution in [2.75, 3.05) is 13.7 Å². The highest BCUT2D eigenvalue weighted by Gasteiger charge is 2.09. The van der Waals surface area contributed by atoms with Crippen LogP contribution in [0.1, 0.15) is 28.5 Å². The molecule has 8 nitrogen and oxygen atoms in total. The summed E-state index contributed by atoms with van der Waals surface area (Å²) in [5.41, 5.74) is 4.11. The molecule has 0 fully saturated rings. The van der Waals surface area contributed by atoms with Gasteiger partial charge in [-0.05, 0) is 60.5 Å². The van der Waals surface area contributed by atoms with Crippen LogP contribution in [0.15, 0.2) is 66.5 Å². The number of nitrogens with one attached hydrogen (secondary N) is 1. The van der Waals surface area contributed by atoms with Gasteiger partial charge in [0.1, 0.15) is 17.2 Å². The van der Waals surface area contributed by atoms with Gasteiger partial charge in [-0.3, -0.25) is 9.78 Å². The molecule has 0 saturated carbocycles. The Morgan fingerprint density at radius 1 is 1.10 bits per heavy atom. The monoisotopic (exact) mass is 418 g/mol. The Hall–Kier alpha value is -4.20. The van der Waals surface area contributed by atoms with Gasteiger partial charge in [0.05, 0.1) is 32.3 Å². The van der Waals surface area contributed by atoms with Crippen molar-refractivity contribution in [3.05, 3.63) is 78.3 Å². The predicted octanol–water partition coefficient (Wildman–Crippen LogP) is 4.08. The molecule has 2 aromatic carbocycles. The molecule has 0 aliphatic carbocycles. The van der Waals surface area contributed by atoms with E-state index in [1.54, 1.807) is 43.5 Å². The lowest BCUT2D eigenvalue weighted by molar-refractivity contribution is 0.0949. The fourth-order valence-electron chi connectivity index (χ4n) is 2.58. The second-order valence-corrected chi connectivity index (χ2v) is 6.19. The van der Waals surface area contributed by atoms with Crippen LogP contribution in [0.5, 0.6) is 23.1 Å². The molecule has 31 heavy (non-hydrogen) atoms. The largest absolute Gasteiger partial charge is 0.497 e. The van der Waals surface area contributed by atoms with Gasteiger partial charge in [0.15, 0.2) is 5.69 Å². The predicted molar refractivity (Wildman–Crippen MR) is 118 cm³/mol. The molecule has 3 aromatic rings. The highest BCUT2D eigenvalue weighted by atomic mass is 16.5. The van der Waals surface area contributed by atoms with Crippen LogP contribution >= 0.6 is 0 Å². The van der Waals surface area contributed by atoms with Gasteiger partial charge in [-0.15, -0.1) is 0 Å². The standard InChI is InChI=1S/C23H22N4O4/c1-4-16-10-17(12-20(11-16)29-3)13-25-27-23(28)21-14-24-15-22(26-21)31-19-8-6-18(7-9-19)30-5-2/h4,6-15H,1,5H2,2-3H3,(H,27,28)/b25-13+. The quantitative estimate of drug-likeness (QED) is 0.416. The van der Waals surface area contributed by atoms with Crippen LogP contribution in [0.2, 0.25) is 0 Å². The van der Waals surface area contributed by atoms with Crippen LogP contribution in [0, 0.1) is 0 Å². The van der Waals surface area contributed by atoms with Crippen LogP contribution in [0.25, 0.3) is 6.08 Å². The molecule has 0 bridgehead atoms. The van der Waals surface area contributed by atoms with Crippen LogP contribution in [0.4, 0.5) is 0 Å². The van der Waals surface area contributed by atoms with E-state index in [1.165, 1.54) is 18.6 Å².